The quantitative estimate of drug-likeness (QED) is 0.401. The molecule has 0 saturated heterocycles. The summed E-state index contributed by atoms with van der Waals surface area (Å²) in [5, 5.41) is 0. The third-order valence-electron chi connectivity index (χ3n) is 5.77. The summed E-state index contributed by atoms with van der Waals surface area (Å²) in [5.74, 6) is -1.10. The van der Waals surface area contributed by atoms with Crippen LogP contribution in [0.5, 0.6) is 5.75 Å². The van der Waals surface area contributed by atoms with E-state index in [9.17, 15) is 22.4 Å². The highest BCUT2D eigenvalue weighted by Crippen LogP contribution is 2.31. The lowest BCUT2D eigenvalue weighted by molar-refractivity contribution is 0.0810. The number of ether oxygens (including phenoxy) is 1. The van der Waals surface area contributed by atoms with Gasteiger partial charge in [-0.25, -0.2) is 9.37 Å². The summed E-state index contributed by atoms with van der Waals surface area (Å²) < 4.78 is 48.8. The molecule has 0 radical (unpaired) electrons. The molecule has 2 heterocycles. The van der Waals surface area contributed by atoms with E-state index >= 15 is 0 Å². The monoisotopic (exact) mass is 480 g/mol. The first kappa shape index (κ1) is 25.0. The lowest BCUT2D eigenvalue weighted by atomic mass is 9.96. The van der Waals surface area contributed by atoms with Crippen molar-refractivity contribution >= 4 is 15.9 Å². The molecule has 1 aliphatic heterocycles. The van der Waals surface area contributed by atoms with Crippen molar-refractivity contribution in [3.63, 3.8) is 0 Å². The lowest BCUT2D eigenvalue weighted by Crippen LogP contribution is -2.33. The van der Waals surface area contributed by atoms with Crippen molar-refractivity contribution in [3.8, 4) is 5.75 Å². The van der Waals surface area contributed by atoms with Crippen molar-refractivity contribution in [2.75, 3.05) is 13.4 Å². The van der Waals surface area contributed by atoms with Crippen LogP contribution in [0.3, 0.4) is 0 Å². The topological polar surface area (TPSA) is 105 Å². The van der Waals surface area contributed by atoms with Crippen LogP contribution in [-0.2, 0) is 27.8 Å². The Morgan fingerprint density at radius 3 is 2.55 bits per heavy atom. The van der Waals surface area contributed by atoms with Gasteiger partial charge < -0.3 is 8.92 Å². The molecule has 1 aromatic heterocycles. The van der Waals surface area contributed by atoms with E-state index in [4.69, 9.17) is 8.92 Å². The number of methoxy groups -OCH3 is 1. The second-order valence-electron chi connectivity index (χ2n) is 8.32. The summed E-state index contributed by atoms with van der Waals surface area (Å²) in [6.45, 7) is 2.22. The fourth-order valence-corrected chi connectivity index (χ4v) is 4.56. The number of nitrogens with zero attached hydrogens (tertiary/aromatic N) is 2. The molecule has 180 valence electrons. The van der Waals surface area contributed by atoms with E-state index in [2.05, 4.69) is 4.98 Å². The molecular formula is C23H29FN2O6S. The molecule has 0 unspecified atom stereocenters. The number of carbonyl (C=O) groups excluding carboxylic acids is 1. The van der Waals surface area contributed by atoms with E-state index in [0.717, 1.165) is 31.1 Å². The minimum Gasteiger partial charge on any atom is -0.380 e. The molecule has 2 aromatic rings. The van der Waals surface area contributed by atoms with Gasteiger partial charge in [-0.3, -0.25) is 14.2 Å². The molecule has 33 heavy (non-hydrogen) atoms. The molecule has 10 heteroatoms. The molecule has 1 aliphatic rings. The van der Waals surface area contributed by atoms with Gasteiger partial charge in [-0.05, 0) is 43.4 Å². The van der Waals surface area contributed by atoms with Crippen LogP contribution in [0.2, 0.25) is 0 Å². The highest BCUT2D eigenvalue weighted by Gasteiger charge is 2.31. The minimum atomic E-state index is -4.08. The molecule has 0 aliphatic carbocycles. The van der Waals surface area contributed by atoms with Crippen LogP contribution in [0.4, 0.5) is 4.39 Å². The Bertz CT molecular complexity index is 1160. The van der Waals surface area contributed by atoms with Crippen LogP contribution in [0, 0.1) is 5.82 Å². The van der Waals surface area contributed by atoms with Crippen LogP contribution in [0.15, 0.2) is 29.1 Å². The number of rotatable bonds is 9. The number of aryl methyl sites for hydroxylation is 1. The van der Waals surface area contributed by atoms with Crippen LogP contribution in [0.1, 0.15) is 66.8 Å². The first-order chi connectivity index (χ1) is 15.6. The highest BCUT2D eigenvalue weighted by molar-refractivity contribution is 7.86. The van der Waals surface area contributed by atoms with Crippen molar-refractivity contribution in [1.29, 1.82) is 0 Å². The molecule has 1 aromatic carbocycles. The van der Waals surface area contributed by atoms with E-state index in [1.54, 1.807) is 19.2 Å². The van der Waals surface area contributed by atoms with Gasteiger partial charge in [0, 0.05) is 19.4 Å². The van der Waals surface area contributed by atoms with Gasteiger partial charge in [0.15, 0.2) is 11.5 Å². The minimum absolute atomic E-state index is 0.0409. The second kappa shape index (κ2) is 10.6. The Morgan fingerprint density at radius 2 is 1.94 bits per heavy atom. The van der Waals surface area contributed by atoms with Crippen LogP contribution < -0.4 is 9.74 Å². The van der Waals surface area contributed by atoms with Crippen molar-refractivity contribution in [2.24, 2.45) is 0 Å². The predicted octanol–water partition coefficient (Wildman–Crippen LogP) is 3.23. The summed E-state index contributed by atoms with van der Waals surface area (Å²) >= 11 is 0. The molecule has 0 amide bonds. The maximum atomic E-state index is 13.4. The standard InChI is InChI=1S/C23H29FN2O6S/c1-4-5-16-9-12-18(31-2)14-26-22(16)25-20(21(23(26)28)32-33(3,29)30)19(27)13-8-15-6-10-17(24)11-7-15/h6-7,10-11,16,18H,4-5,8-9,12-14H2,1-3H3/t16-,18+/m1/s1. The first-order valence-corrected chi connectivity index (χ1v) is 12.8. The number of ketones is 1. The number of hydrogen-bond acceptors (Lipinski definition) is 7. The Balaban J connectivity index is 2.06. The molecular weight excluding hydrogens is 451 g/mol. The van der Waals surface area contributed by atoms with Gasteiger partial charge in [0.1, 0.15) is 11.6 Å². The van der Waals surface area contributed by atoms with Gasteiger partial charge in [-0.15, -0.1) is 0 Å². The summed E-state index contributed by atoms with van der Waals surface area (Å²) in [5.41, 5.74) is -0.259. The van der Waals surface area contributed by atoms with Gasteiger partial charge in [0.05, 0.1) is 18.9 Å². The van der Waals surface area contributed by atoms with E-state index in [0.29, 0.717) is 12.2 Å². The average molecular weight is 481 g/mol. The zero-order valence-corrected chi connectivity index (χ0v) is 19.9. The Hall–Kier alpha value is -2.59. The van der Waals surface area contributed by atoms with Gasteiger partial charge in [0.2, 0.25) is 5.75 Å². The third kappa shape index (κ3) is 6.26. The largest absolute Gasteiger partial charge is 0.380 e. The molecule has 0 N–H and O–H groups in total. The van der Waals surface area contributed by atoms with Gasteiger partial charge in [-0.1, -0.05) is 25.5 Å². The van der Waals surface area contributed by atoms with Crippen LogP contribution in [0.25, 0.3) is 0 Å². The maximum Gasteiger partial charge on any atom is 0.306 e. The number of halogens is 1. The number of carbonyl (C=O) groups is 1. The molecule has 8 nitrogen and oxygen atoms in total. The zero-order valence-electron chi connectivity index (χ0n) is 19.0. The van der Waals surface area contributed by atoms with Crippen molar-refractivity contribution in [1.82, 2.24) is 9.55 Å². The molecule has 3 rings (SSSR count). The number of hydrogen-bond donors (Lipinski definition) is 0. The molecule has 2 atom stereocenters. The molecule has 0 spiro atoms. The number of aromatic nitrogens is 2. The first-order valence-electron chi connectivity index (χ1n) is 11.0. The van der Waals surface area contributed by atoms with Gasteiger partial charge >= 0.3 is 10.1 Å². The average Bonchev–Trinajstić information content (AvgIpc) is 2.94. The number of fused-ring (bicyclic) bond motifs is 1. The fraction of sp³-hybridized carbons (Fsp3) is 0.522. The molecule has 0 saturated carbocycles. The Kier molecular flexibility index (Phi) is 8.01. The normalized spacial score (nSPS) is 18.4. The third-order valence-corrected chi connectivity index (χ3v) is 6.24. The van der Waals surface area contributed by atoms with Gasteiger partial charge in [-0.2, -0.15) is 8.42 Å². The van der Waals surface area contributed by atoms with Crippen molar-refractivity contribution in [3.05, 3.63) is 57.5 Å². The van der Waals surface area contributed by atoms with E-state index in [-0.39, 0.29) is 42.9 Å². The van der Waals surface area contributed by atoms with Crippen molar-refractivity contribution in [2.45, 2.75) is 64.0 Å². The Labute approximate surface area is 192 Å². The van der Waals surface area contributed by atoms with E-state index in [1.807, 2.05) is 6.92 Å². The molecule has 0 bridgehead atoms. The SMILES string of the molecule is CCC[C@@H]1CC[C@H](OC)Cn2c1nc(C(=O)CCc1ccc(F)cc1)c(OS(C)(=O)=O)c2=O. The summed E-state index contributed by atoms with van der Waals surface area (Å²) in [4.78, 5) is 31.0. The second-order valence-corrected chi connectivity index (χ2v) is 9.90. The fourth-order valence-electron chi connectivity index (χ4n) is 4.11. The van der Waals surface area contributed by atoms with Crippen molar-refractivity contribution < 1.29 is 26.5 Å². The lowest BCUT2D eigenvalue weighted by Gasteiger charge is -2.19. The highest BCUT2D eigenvalue weighted by atomic mass is 32.2. The van der Waals surface area contributed by atoms with Crippen LogP contribution in [-0.4, -0.2) is 43.2 Å². The summed E-state index contributed by atoms with van der Waals surface area (Å²) in [6, 6.07) is 5.73. The zero-order chi connectivity index (χ0) is 24.2. The Morgan fingerprint density at radius 1 is 1.24 bits per heavy atom. The smallest absolute Gasteiger partial charge is 0.306 e. The maximum absolute atomic E-state index is 13.4. The predicted molar refractivity (Wildman–Crippen MR) is 121 cm³/mol. The summed E-state index contributed by atoms with van der Waals surface area (Å²) in [6.07, 6.45) is 3.87. The van der Waals surface area contributed by atoms with E-state index in [1.165, 1.54) is 16.7 Å². The van der Waals surface area contributed by atoms with Gasteiger partial charge in [0.25, 0.3) is 5.56 Å². The molecule has 0 fully saturated rings. The van der Waals surface area contributed by atoms with Crippen LogP contribution >= 0.6 is 0 Å². The number of benzene rings is 1. The summed E-state index contributed by atoms with van der Waals surface area (Å²) in [7, 11) is -2.52. The van der Waals surface area contributed by atoms with E-state index < -0.39 is 27.2 Å². The number of Topliss-reactive ketones (excluding diaryl/α,β-unsaturated/α-hetero) is 1.